The molecule has 1 aromatic heterocycles. The van der Waals surface area contributed by atoms with E-state index in [2.05, 4.69) is 22.3 Å². The Kier molecular flexibility index (Phi) is 7.40. The van der Waals surface area contributed by atoms with Gasteiger partial charge in [-0.25, -0.2) is 8.42 Å². The molecule has 1 heterocycles. The van der Waals surface area contributed by atoms with Gasteiger partial charge in [0.2, 0.25) is 0 Å². The van der Waals surface area contributed by atoms with Crippen molar-refractivity contribution in [3.63, 3.8) is 0 Å². The minimum absolute atomic E-state index is 0.320. The predicted molar refractivity (Wildman–Crippen MR) is 129 cm³/mol. The van der Waals surface area contributed by atoms with E-state index >= 15 is 0 Å². The number of fused-ring (bicyclic) bond motifs is 1. The molecule has 30 heavy (non-hydrogen) atoms. The third-order valence-electron chi connectivity index (χ3n) is 4.10. The zero-order valence-electron chi connectivity index (χ0n) is 16.0. The molecule has 0 aliphatic rings. The average Bonchev–Trinajstić information content (AvgIpc) is 3.30. The number of benzene rings is 3. The van der Waals surface area contributed by atoms with Gasteiger partial charge in [0.25, 0.3) is 10.0 Å². The summed E-state index contributed by atoms with van der Waals surface area (Å²) in [4.78, 5) is 0. The van der Waals surface area contributed by atoms with Gasteiger partial charge in [0.1, 0.15) is 4.21 Å². The van der Waals surface area contributed by atoms with Crippen molar-refractivity contribution >= 4 is 55.2 Å². The Balaban J connectivity index is 0.000000199. The third-order valence-corrected chi connectivity index (χ3v) is 7.01. The van der Waals surface area contributed by atoms with Crippen LogP contribution >= 0.6 is 23.6 Å². The number of hydrogen-bond acceptors (Lipinski definition) is 4. The Morgan fingerprint density at radius 1 is 0.900 bits per heavy atom. The zero-order valence-corrected chi connectivity index (χ0v) is 18.4. The lowest BCUT2D eigenvalue weighted by molar-refractivity contribution is 0.603. The molecule has 0 radical (unpaired) electrons. The van der Waals surface area contributed by atoms with Crippen molar-refractivity contribution in [2.45, 2.75) is 10.8 Å². The molecule has 3 aromatic carbocycles. The van der Waals surface area contributed by atoms with Crippen LogP contribution in [0.2, 0.25) is 0 Å². The number of anilines is 1. The van der Waals surface area contributed by atoms with Crippen molar-refractivity contribution in [1.29, 1.82) is 0 Å². The number of sulfonamides is 1. The fourth-order valence-corrected chi connectivity index (χ4v) is 4.86. The van der Waals surface area contributed by atoms with Crippen LogP contribution in [-0.2, 0) is 16.6 Å². The first kappa shape index (κ1) is 21.8. The van der Waals surface area contributed by atoms with Crippen LogP contribution in [0.25, 0.3) is 10.8 Å². The van der Waals surface area contributed by atoms with Crippen molar-refractivity contribution in [3.8, 4) is 0 Å². The fraction of sp³-hybridized carbons (Fsp3) is 0.0455. The van der Waals surface area contributed by atoms with Gasteiger partial charge in [0.15, 0.2) is 5.11 Å². The van der Waals surface area contributed by atoms with E-state index in [1.807, 2.05) is 66.7 Å². The molecular formula is C22H21N3O2S3. The summed E-state index contributed by atoms with van der Waals surface area (Å²) in [5, 5.41) is 6.86. The first-order valence-electron chi connectivity index (χ1n) is 9.07. The molecule has 0 saturated carbocycles. The Labute approximate surface area is 185 Å². The Morgan fingerprint density at radius 3 is 2.30 bits per heavy atom. The van der Waals surface area contributed by atoms with Crippen molar-refractivity contribution < 1.29 is 8.42 Å². The molecule has 154 valence electrons. The lowest BCUT2D eigenvalue weighted by Gasteiger charge is -2.09. The van der Waals surface area contributed by atoms with Crippen molar-refractivity contribution in [1.82, 2.24) is 5.32 Å². The van der Waals surface area contributed by atoms with E-state index in [9.17, 15) is 8.42 Å². The first-order valence-corrected chi connectivity index (χ1v) is 11.8. The van der Waals surface area contributed by atoms with Crippen LogP contribution in [0.1, 0.15) is 5.56 Å². The van der Waals surface area contributed by atoms with Crippen LogP contribution in [0.15, 0.2) is 94.5 Å². The highest BCUT2D eigenvalue weighted by Crippen LogP contribution is 2.26. The minimum Gasteiger partial charge on any atom is -0.376 e. The normalized spacial score (nSPS) is 10.7. The predicted octanol–water partition coefficient (Wildman–Crippen LogP) is 4.72. The number of nitrogens with one attached hydrogen (secondary N) is 2. The van der Waals surface area contributed by atoms with Crippen LogP contribution in [0, 0.1) is 0 Å². The highest BCUT2D eigenvalue weighted by molar-refractivity contribution is 7.94. The van der Waals surface area contributed by atoms with Crippen LogP contribution in [0.5, 0.6) is 0 Å². The van der Waals surface area contributed by atoms with Crippen molar-refractivity contribution in [2.75, 3.05) is 4.72 Å². The van der Waals surface area contributed by atoms with Gasteiger partial charge in [-0.1, -0.05) is 72.8 Å². The quantitative estimate of drug-likeness (QED) is 0.379. The summed E-state index contributed by atoms with van der Waals surface area (Å²) in [7, 11) is -3.49. The van der Waals surface area contributed by atoms with E-state index in [0.29, 0.717) is 21.6 Å². The highest BCUT2D eigenvalue weighted by atomic mass is 32.2. The largest absolute Gasteiger partial charge is 0.376 e. The van der Waals surface area contributed by atoms with Crippen LogP contribution in [0.4, 0.5) is 5.69 Å². The van der Waals surface area contributed by atoms with Crippen LogP contribution < -0.4 is 15.8 Å². The Hall–Kier alpha value is -2.94. The first-order chi connectivity index (χ1) is 14.5. The van der Waals surface area contributed by atoms with Crippen molar-refractivity contribution in [2.24, 2.45) is 5.73 Å². The monoisotopic (exact) mass is 455 g/mol. The van der Waals surface area contributed by atoms with Crippen LogP contribution in [-0.4, -0.2) is 13.5 Å². The van der Waals surface area contributed by atoms with Gasteiger partial charge in [-0.05, 0) is 40.7 Å². The van der Waals surface area contributed by atoms with Gasteiger partial charge < -0.3 is 11.1 Å². The lowest BCUT2D eigenvalue weighted by Crippen LogP contribution is -2.28. The smallest absolute Gasteiger partial charge is 0.271 e. The molecule has 4 rings (SSSR count). The average molecular weight is 456 g/mol. The number of thiophene rings is 1. The standard InChI is InChI=1S/C14H11NO2S2.C8H10N2S/c16-19(17,14-9-4-10-18-14)15-13-8-3-6-11-5-1-2-7-12(11)13;9-8(11)10-6-7-4-2-1-3-5-7/h1-10,15H;1-5H,6H2,(H3,9,10,11). The highest BCUT2D eigenvalue weighted by Gasteiger charge is 2.16. The summed E-state index contributed by atoms with van der Waals surface area (Å²) < 4.78 is 27.4. The molecule has 4 N–H and O–H groups in total. The van der Waals surface area contributed by atoms with E-state index in [-0.39, 0.29) is 0 Å². The summed E-state index contributed by atoms with van der Waals surface area (Å²) in [6.45, 7) is 0.705. The third kappa shape index (κ3) is 6.03. The molecule has 4 aromatic rings. The van der Waals surface area contributed by atoms with Gasteiger partial charge in [0.05, 0.1) is 5.69 Å². The number of hydrogen-bond donors (Lipinski definition) is 3. The summed E-state index contributed by atoms with van der Waals surface area (Å²) in [5.74, 6) is 0. The molecule has 0 unspecified atom stereocenters. The summed E-state index contributed by atoms with van der Waals surface area (Å²) in [6.07, 6.45) is 0. The Morgan fingerprint density at radius 2 is 1.60 bits per heavy atom. The second kappa shape index (κ2) is 10.2. The van der Waals surface area contributed by atoms with Crippen molar-refractivity contribution in [3.05, 3.63) is 95.9 Å². The van der Waals surface area contributed by atoms with Gasteiger partial charge in [0, 0.05) is 11.9 Å². The molecule has 0 amide bonds. The maximum absolute atomic E-state index is 12.2. The van der Waals surface area contributed by atoms with E-state index in [4.69, 9.17) is 5.73 Å². The maximum Gasteiger partial charge on any atom is 0.271 e. The molecule has 0 bridgehead atoms. The van der Waals surface area contributed by atoms with E-state index in [1.54, 1.807) is 23.6 Å². The number of rotatable bonds is 5. The van der Waals surface area contributed by atoms with Gasteiger partial charge in [-0.3, -0.25) is 4.72 Å². The molecule has 0 saturated heterocycles. The SMILES string of the molecule is NC(=S)NCc1ccccc1.O=S(=O)(Nc1cccc2ccccc12)c1cccs1. The molecule has 0 aliphatic carbocycles. The summed E-state index contributed by atoms with van der Waals surface area (Å²) >= 11 is 5.87. The molecule has 0 aliphatic heterocycles. The second-order valence-corrected chi connectivity index (χ2v) is 9.56. The molecule has 8 heteroatoms. The molecule has 0 fully saturated rings. The minimum atomic E-state index is -3.49. The summed E-state index contributed by atoms with van der Waals surface area (Å²) in [6, 6.07) is 26.6. The molecular weight excluding hydrogens is 434 g/mol. The zero-order chi connectivity index (χ0) is 21.4. The molecule has 0 spiro atoms. The maximum atomic E-state index is 12.2. The van der Waals surface area contributed by atoms with E-state index < -0.39 is 10.0 Å². The topological polar surface area (TPSA) is 84.2 Å². The fourth-order valence-electron chi connectivity index (χ4n) is 2.71. The van der Waals surface area contributed by atoms with Gasteiger partial charge in [-0.2, -0.15) is 0 Å². The molecule has 5 nitrogen and oxygen atoms in total. The van der Waals surface area contributed by atoms with Crippen LogP contribution in [0.3, 0.4) is 0 Å². The Bertz CT molecular complexity index is 1200. The van der Waals surface area contributed by atoms with Gasteiger partial charge >= 0.3 is 0 Å². The van der Waals surface area contributed by atoms with Gasteiger partial charge in [-0.15, -0.1) is 11.3 Å². The lowest BCUT2D eigenvalue weighted by atomic mass is 10.1. The van der Waals surface area contributed by atoms with E-state index in [1.165, 1.54) is 16.9 Å². The molecule has 0 atom stereocenters. The number of nitrogens with two attached hydrogens (primary N) is 1. The van der Waals surface area contributed by atoms with E-state index in [0.717, 1.165) is 10.8 Å². The second-order valence-electron chi connectivity index (χ2n) is 6.27. The number of thiocarbonyl (C=S) groups is 1. The summed E-state index contributed by atoms with van der Waals surface area (Å²) in [5.41, 5.74) is 7.04.